The molecule has 27 heavy (non-hydrogen) atoms. The molecular weight excluding hydrogens is 433 g/mol. The molecule has 4 aromatic rings. The van der Waals surface area contributed by atoms with Gasteiger partial charge in [0.15, 0.2) is 0 Å². The fraction of sp³-hybridized carbons (Fsp3) is 0.0870. The van der Waals surface area contributed by atoms with E-state index in [2.05, 4.69) is 103 Å². The fourth-order valence-electron chi connectivity index (χ4n) is 3.49. The van der Waals surface area contributed by atoms with Crippen molar-refractivity contribution in [1.82, 2.24) is 4.98 Å². The third-order valence-electron chi connectivity index (χ3n) is 4.66. The van der Waals surface area contributed by atoms with Crippen molar-refractivity contribution in [3.8, 4) is 0 Å². The van der Waals surface area contributed by atoms with Crippen LogP contribution in [0.1, 0.15) is 10.7 Å². The van der Waals surface area contributed by atoms with Gasteiger partial charge in [0.1, 0.15) is 29.3 Å². The lowest BCUT2D eigenvalue weighted by Crippen LogP contribution is -3.00. The minimum absolute atomic E-state index is 0. The Labute approximate surface area is 176 Å². The van der Waals surface area contributed by atoms with Crippen LogP contribution < -0.4 is 32.9 Å². The van der Waals surface area contributed by atoms with Gasteiger partial charge in [-0.2, -0.15) is 0 Å². The summed E-state index contributed by atoms with van der Waals surface area (Å²) in [5.41, 5.74) is 1.19. The van der Waals surface area contributed by atoms with Crippen LogP contribution >= 0.6 is 18.6 Å². The largest absolute Gasteiger partial charge is 1.00 e. The molecule has 0 aliphatic rings. The second kappa shape index (κ2) is 8.93. The summed E-state index contributed by atoms with van der Waals surface area (Å²) in [5, 5.41) is 7.57. The lowest BCUT2D eigenvalue weighted by molar-refractivity contribution is -0.00000518. The first kappa shape index (κ1) is 19.9. The first-order valence-corrected chi connectivity index (χ1v) is 11.6. The van der Waals surface area contributed by atoms with Gasteiger partial charge in [0, 0.05) is 5.38 Å². The summed E-state index contributed by atoms with van der Waals surface area (Å²) in [6.07, 6.45) is 0.954. The Kier molecular flexibility index (Phi) is 6.59. The van der Waals surface area contributed by atoms with E-state index in [1.54, 1.807) is 11.3 Å². The van der Waals surface area contributed by atoms with E-state index in [1.165, 1.54) is 21.6 Å². The van der Waals surface area contributed by atoms with E-state index in [0.717, 1.165) is 11.2 Å². The smallest absolute Gasteiger partial charge is 0.118 e. The van der Waals surface area contributed by atoms with E-state index >= 15 is 0 Å². The van der Waals surface area contributed by atoms with E-state index < -0.39 is 7.26 Å². The van der Waals surface area contributed by atoms with Crippen molar-refractivity contribution >= 4 is 34.5 Å². The van der Waals surface area contributed by atoms with Crippen molar-refractivity contribution in [3.05, 3.63) is 107 Å². The predicted molar refractivity (Wildman–Crippen MR) is 116 cm³/mol. The molecule has 4 heteroatoms. The number of hydrogen-bond donors (Lipinski definition) is 0. The highest BCUT2D eigenvalue weighted by molar-refractivity contribution is 7.95. The second-order valence-corrected chi connectivity index (χ2v) is 10.9. The van der Waals surface area contributed by atoms with Crippen molar-refractivity contribution in [2.75, 3.05) is 0 Å². The maximum Gasteiger partial charge on any atom is 0.118 e. The molecule has 0 saturated carbocycles. The molecule has 0 radical (unpaired) electrons. The number of benzene rings is 3. The van der Waals surface area contributed by atoms with Gasteiger partial charge >= 0.3 is 0 Å². The Morgan fingerprint density at radius 1 is 0.704 bits per heavy atom. The number of thiazole rings is 1. The van der Waals surface area contributed by atoms with Crippen molar-refractivity contribution in [1.29, 1.82) is 0 Å². The minimum Gasteiger partial charge on any atom is -1.00 e. The van der Waals surface area contributed by atoms with Crippen LogP contribution in [0.5, 0.6) is 0 Å². The number of halogens is 1. The SMILES string of the molecule is Cc1nc(C[P+](c2ccccc2)(c2ccccc2)c2ccccc2)cs1.[Br-]. The van der Waals surface area contributed by atoms with E-state index in [0.29, 0.717) is 0 Å². The Bertz CT molecular complexity index is 874. The average molecular weight is 454 g/mol. The van der Waals surface area contributed by atoms with Crippen LogP contribution in [0.15, 0.2) is 96.4 Å². The molecule has 1 aromatic heterocycles. The van der Waals surface area contributed by atoms with Gasteiger partial charge in [-0.3, -0.25) is 0 Å². The summed E-state index contributed by atoms with van der Waals surface area (Å²) in [5.74, 6) is 0. The quantitative estimate of drug-likeness (QED) is 0.421. The van der Waals surface area contributed by atoms with Gasteiger partial charge in [-0.05, 0) is 43.3 Å². The molecule has 0 N–H and O–H groups in total. The first-order valence-electron chi connectivity index (χ1n) is 8.75. The number of nitrogens with zero attached hydrogens (tertiary/aromatic N) is 1. The van der Waals surface area contributed by atoms with Crippen LogP contribution in [0.3, 0.4) is 0 Å². The van der Waals surface area contributed by atoms with Gasteiger partial charge in [-0.1, -0.05) is 54.6 Å². The van der Waals surface area contributed by atoms with Crippen molar-refractivity contribution < 1.29 is 17.0 Å². The summed E-state index contributed by atoms with van der Waals surface area (Å²) in [7, 11) is -1.82. The number of aromatic nitrogens is 1. The summed E-state index contributed by atoms with van der Waals surface area (Å²) >= 11 is 1.74. The highest BCUT2D eigenvalue weighted by Crippen LogP contribution is 2.58. The third-order valence-corrected chi connectivity index (χ3v) is 9.82. The van der Waals surface area contributed by atoms with Crippen LogP contribution in [-0.4, -0.2) is 4.98 Å². The van der Waals surface area contributed by atoms with E-state index in [4.69, 9.17) is 4.98 Å². The first-order chi connectivity index (χ1) is 12.8. The summed E-state index contributed by atoms with van der Waals surface area (Å²) in [4.78, 5) is 4.82. The molecule has 4 rings (SSSR count). The number of rotatable bonds is 5. The van der Waals surface area contributed by atoms with Gasteiger partial charge in [0.05, 0.1) is 10.7 Å². The summed E-state index contributed by atoms with van der Waals surface area (Å²) < 4.78 is 0. The average Bonchev–Trinajstić information content (AvgIpc) is 3.13. The maximum absolute atomic E-state index is 4.82. The van der Waals surface area contributed by atoms with Crippen molar-refractivity contribution in [2.24, 2.45) is 0 Å². The van der Waals surface area contributed by atoms with Crippen LogP contribution in [-0.2, 0) is 6.16 Å². The topological polar surface area (TPSA) is 12.9 Å². The van der Waals surface area contributed by atoms with Crippen molar-refractivity contribution in [2.45, 2.75) is 13.1 Å². The summed E-state index contributed by atoms with van der Waals surface area (Å²) in [6.45, 7) is 2.09. The monoisotopic (exact) mass is 453 g/mol. The van der Waals surface area contributed by atoms with Crippen LogP contribution in [0.4, 0.5) is 0 Å². The molecule has 136 valence electrons. The van der Waals surface area contributed by atoms with Gasteiger partial charge in [-0.25, -0.2) is 4.98 Å². The Hall–Kier alpha value is -1.80. The molecule has 1 nitrogen and oxygen atoms in total. The highest BCUT2D eigenvalue weighted by Gasteiger charge is 2.45. The zero-order chi connectivity index (χ0) is 17.8. The normalized spacial score (nSPS) is 11.0. The van der Waals surface area contributed by atoms with Crippen LogP contribution in [0.2, 0.25) is 0 Å². The Morgan fingerprint density at radius 3 is 1.44 bits per heavy atom. The standard InChI is InChI=1S/C23H21NPS.BrH/c1-19-24-20(18-26-19)17-25(21-11-5-2-6-12-21,22-13-7-3-8-14-22)23-15-9-4-10-16-23;/h2-16,18H,17H2,1H3;1H/q+1;/p-1. The minimum atomic E-state index is -1.82. The molecule has 0 unspecified atom stereocenters. The predicted octanol–water partition coefficient (Wildman–Crippen LogP) is 1.95. The maximum atomic E-state index is 4.82. The molecule has 0 spiro atoms. The number of aryl methyl sites for hydroxylation is 1. The Balaban J connectivity index is 0.00000210. The lowest BCUT2D eigenvalue weighted by Gasteiger charge is -2.27. The van der Waals surface area contributed by atoms with Gasteiger partial charge in [-0.15, -0.1) is 11.3 Å². The molecule has 0 bridgehead atoms. The van der Waals surface area contributed by atoms with Gasteiger partial charge in [0.25, 0.3) is 0 Å². The fourth-order valence-corrected chi connectivity index (χ4v) is 8.36. The Morgan fingerprint density at radius 2 is 1.11 bits per heavy atom. The van der Waals surface area contributed by atoms with E-state index in [9.17, 15) is 0 Å². The van der Waals surface area contributed by atoms with Gasteiger partial charge in [0.2, 0.25) is 0 Å². The van der Waals surface area contributed by atoms with Gasteiger partial charge < -0.3 is 17.0 Å². The van der Waals surface area contributed by atoms with Crippen LogP contribution in [0.25, 0.3) is 0 Å². The zero-order valence-electron chi connectivity index (χ0n) is 15.1. The summed E-state index contributed by atoms with van der Waals surface area (Å²) in [6, 6.07) is 32.9. The molecule has 3 aromatic carbocycles. The third kappa shape index (κ3) is 4.06. The number of hydrogen-bond acceptors (Lipinski definition) is 2. The molecule has 0 saturated heterocycles. The zero-order valence-corrected chi connectivity index (χ0v) is 18.4. The highest BCUT2D eigenvalue weighted by atomic mass is 79.9. The second-order valence-electron chi connectivity index (χ2n) is 6.33. The van der Waals surface area contributed by atoms with E-state index in [1.807, 2.05) is 0 Å². The molecule has 1 heterocycles. The molecular formula is C23H21BrNPS. The van der Waals surface area contributed by atoms with E-state index in [-0.39, 0.29) is 17.0 Å². The molecule has 0 atom stereocenters. The molecule has 0 amide bonds. The van der Waals surface area contributed by atoms with Crippen LogP contribution in [0, 0.1) is 6.92 Å². The molecule has 0 fully saturated rings. The lowest BCUT2D eigenvalue weighted by atomic mass is 10.4. The molecule has 0 aliphatic carbocycles. The van der Waals surface area contributed by atoms with Crippen molar-refractivity contribution in [3.63, 3.8) is 0 Å². The molecule has 0 aliphatic heterocycles.